The highest BCUT2D eigenvalue weighted by Crippen LogP contribution is 2.16. The molecule has 3 nitrogen and oxygen atoms in total. The number of nitrogens with zero attached hydrogens (tertiary/aromatic N) is 1. The molecule has 0 aliphatic carbocycles. The van der Waals surface area contributed by atoms with Crippen molar-refractivity contribution in [3.63, 3.8) is 0 Å². The molecule has 1 aromatic rings. The van der Waals surface area contributed by atoms with Crippen LogP contribution in [0.1, 0.15) is 37.4 Å². The first kappa shape index (κ1) is 13.3. The van der Waals surface area contributed by atoms with Gasteiger partial charge in [-0.2, -0.15) is 0 Å². The second-order valence-corrected chi connectivity index (χ2v) is 4.92. The van der Waals surface area contributed by atoms with Gasteiger partial charge in [-0.05, 0) is 38.9 Å². The Balaban J connectivity index is 2.48. The normalized spacial score (nSPS) is 11.7. The zero-order chi connectivity index (χ0) is 12.1. The van der Waals surface area contributed by atoms with Crippen molar-refractivity contribution in [2.24, 2.45) is 11.7 Å². The predicted octanol–water partition coefficient (Wildman–Crippen LogP) is 2.52. The summed E-state index contributed by atoms with van der Waals surface area (Å²) in [6, 6.07) is 2.07. The average Bonchev–Trinajstić information content (AvgIpc) is 2.57. The van der Waals surface area contributed by atoms with Gasteiger partial charge in [0.15, 0.2) is 0 Å². The molecule has 0 amide bonds. The van der Waals surface area contributed by atoms with E-state index < -0.39 is 0 Å². The fourth-order valence-corrected chi connectivity index (χ4v) is 1.69. The second kappa shape index (κ2) is 6.06. The van der Waals surface area contributed by atoms with E-state index in [0.717, 1.165) is 30.5 Å². The first-order valence-corrected chi connectivity index (χ1v) is 5.99. The van der Waals surface area contributed by atoms with E-state index in [4.69, 9.17) is 10.2 Å². The van der Waals surface area contributed by atoms with Crippen LogP contribution >= 0.6 is 0 Å². The third kappa shape index (κ3) is 3.99. The molecule has 0 atom stereocenters. The number of nitrogens with two attached hydrogens (primary N) is 1. The van der Waals surface area contributed by atoms with E-state index in [1.165, 1.54) is 12.0 Å². The van der Waals surface area contributed by atoms with Crippen molar-refractivity contribution in [3.05, 3.63) is 23.2 Å². The van der Waals surface area contributed by atoms with Gasteiger partial charge in [0.25, 0.3) is 0 Å². The van der Waals surface area contributed by atoms with Crippen molar-refractivity contribution in [3.8, 4) is 0 Å². The van der Waals surface area contributed by atoms with Crippen LogP contribution in [0.15, 0.2) is 10.5 Å². The fraction of sp³-hybridized carbons (Fsp3) is 0.692. The summed E-state index contributed by atoms with van der Waals surface area (Å²) in [5, 5.41) is 0. The minimum Gasteiger partial charge on any atom is -0.465 e. The molecule has 2 N–H and O–H groups in total. The van der Waals surface area contributed by atoms with Gasteiger partial charge < -0.3 is 15.1 Å². The molecule has 1 aromatic heterocycles. The highest BCUT2D eigenvalue weighted by Gasteiger charge is 2.09. The lowest BCUT2D eigenvalue weighted by molar-refractivity contribution is 0.301. The Labute approximate surface area is 98.6 Å². The molecule has 0 aliphatic rings. The number of rotatable bonds is 6. The van der Waals surface area contributed by atoms with E-state index in [9.17, 15) is 0 Å². The van der Waals surface area contributed by atoms with Crippen LogP contribution in [-0.2, 0) is 13.1 Å². The standard InChI is InChI=1S/C13H24N2O/c1-10(2)5-6-15(4)9-12-7-13(8-14)16-11(12)3/h7,10H,5-6,8-9,14H2,1-4H3. The summed E-state index contributed by atoms with van der Waals surface area (Å²) in [5.74, 6) is 2.63. The molecule has 0 radical (unpaired) electrons. The smallest absolute Gasteiger partial charge is 0.118 e. The zero-order valence-corrected chi connectivity index (χ0v) is 10.9. The van der Waals surface area contributed by atoms with Crippen molar-refractivity contribution >= 4 is 0 Å². The molecule has 0 aliphatic heterocycles. The van der Waals surface area contributed by atoms with Gasteiger partial charge in [-0.15, -0.1) is 0 Å². The molecule has 0 fully saturated rings. The molecule has 1 heterocycles. The van der Waals surface area contributed by atoms with Gasteiger partial charge in [0.05, 0.1) is 6.54 Å². The zero-order valence-electron chi connectivity index (χ0n) is 10.9. The molecule has 0 saturated carbocycles. The van der Waals surface area contributed by atoms with Crippen LogP contribution in [0.25, 0.3) is 0 Å². The van der Waals surface area contributed by atoms with Crippen molar-refractivity contribution in [1.82, 2.24) is 4.90 Å². The van der Waals surface area contributed by atoms with Gasteiger partial charge in [-0.25, -0.2) is 0 Å². The van der Waals surface area contributed by atoms with Crippen LogP contribution in [0.5, 0.6) is 0 Å². The molecule has 1 rings (SSSR count). The van der Waals surface area contributed by atoms with Crippen molar-refractivity contribution < 1.29 is 4.42 Å². The SMILES string of the molecule is Cc1oc(CN)cc1CN(C)CCC(C)C. The summed E-state index contributed by atoms with van der Waals surface area (Å²) >= 11 is 0. The molecule has 0 bridgehead atoms. The van der Waals surface area contributed by atoms with Gasteiger partial charge in [0, 0.05) is 12.1 Å². The molecule has 92 valence electrons. The van der Waals surface area contributed by atoms with Crippen molar-refractivity contribution in [1.29, 1.82) is 0 Å². The van der Waals surface area contributed by atoms with E-state index in [1.807, 2.05) is 6.92 Å². The first-order chi connectivity index (χ1) is 7.52. The van der Waals surface area contributed by atoms with Crippen LogP contribution in [0, 0.1) is 12.8 Å². The van der Waals surface area contributed by atoms with Crippen molar-refractivity contribution in [2.45, 2.75) is 40.3 Å². The van der Waals surface area contributed by atoms with Crippen LogP contribution in [0.2, 0.25) is 0 Å². The topological polar surface area (TPSA) is 42.4 Å². The van der Waals surface area contributed by atoms with Gasteiger partial charge in [0.2, 0.25) is 0 Å². The summed E-state index contributed by atoms with van der Waals surface area (Å²) in [6.07, 6.45) is 1.23. The maximum absolute atomic E-state index is 5.55. The molecule has 0 saturated heterocycles. The minimum atomic E-state index is 0.483. The van der Waals surface area contributed by atoms with Crippen molar-refractivity contribution in [2.75, 3.05) is 13.6 Å². The number of hydrogen-bond acceptors (Lipinski definition) is 3. The van der Waals surface area contributed by atoms with E-state index in [-0.39, 0.29) is 0 Å². The third-order valence-corrected chi connectivity index (χ3v) is 2.80. The van der Waals surface area contributed by atoms with Gasteiger partial charge in [-0.3, -0.25) is 0 Å². The Morgan fingerprint density at radius 1 is 1.44 bits per heavy atom. The second-order valence-electron chi connectivity index (χ2n) is 4.92. The first-order valence-electron chi connectivity index (χ1n) is 5.99. The maximum atomic E-state index is 5.55. The maximum Gasteiger partial charge on any atom is 0.118 e. The van der Waals surface area contributed by atoms with E-state index in [2.05, 4.69) is 31.9 Å². The lowest BCUT2D eigenvalue weighted by atomic mass is 10.1. The van der Waals surface area contributed by atoms with Crippen LogP contribution < -0.4 is 5.73 Å². The third-order valence-electron chi connectivity index (χ3n) is 2.80. The summed E-state index contributed by atoms with van der Waals surface area (Å²) in [7, 11) is 2.15. The minimum absolute atomic E-state index is 0.483. The van der Waals surface area contributed by atoms with E-state index >= 15 is 0 Å². The molecule has 16 heavy (non-hydrogen) atoms. The van der Waals surface area contributed by atoms with Gasteiger partial charge in [0.1, 0.15) is 11.5 Å². The average molecular weight is 224 g/mol. The monoisotopic (exact) mass is 224 g/mol. The summed E-state index contributed by atoms with van der Waals surface area (Å²) in [6.45, 7) is 9.07. The Morgan fingerprint density at radius 3 is 2.62 bits per heavy atom. The Hall–Kier alpha value is -0.800. The molecule has 0 unspecified atom stereocenters. The van der Waals surface area contributed by atoms with Crippen LogP contribution in [-0.4, -0.2) is 18.5 Å². The summed E-state index contributed by atoms with van der Waals surface area (Å²) in [5.41, 5.74) is 6.81. The molecule has 3 heteroatoms. The van der Waals surface area contributed by atoms with Gasteiger partial charge >= 0.3 is 0 Å². The number of aryl methyl sites for hydroxylation is 1. The van der Waals surface area contributed by atoms with Crippen LogP contribution in [0.3, 0.4) is 0 Å². The summed E-state index contributed by atoms with van der Waals surface area (Å²) in [4.78, 5) is 2.33. The lowest BCUT2D eigenvalue weighted by Gasteiger charge is -2.17. The molecular weight excluding hydrogens is 200 g/mol. The number of furan rings is 1. The predicted molar refractivity (Wildman–Crippen MR) is 67.1 cm³/mol. The highest BCUT2D eigenvalue weighted by atomic mass is 16.3. The largest absolute Gasteiger partial charge is 0.465 e. The molecule has 0 aromatic carbocycles. The Morgan fingerprint density at radius 2 is 2.12 bits per heavy atom. The highest BCUT2D eigenvalue weighted by molar-refractivity contribution is 5.20. The van der Waals surface area contributed by atoms with Crippen LogP contribution in [0.4, 0.5) is 0 Å². The summed E-state index contributed by atoms with van der Waals surface area (Å²) < 4.78 is 5.54. The molecular formula is C13H24N2O. The lowest BCUT2D eigenvalue weighted by Crippen LogP contribution is -2.20. The van der Waals surface area contributed by atoms with Gasteiger partial charge in [-0.1, -0.05) is 13.8 Å². The fourth-order valence-electron chi connectivity index (χ4n) is 1.69. The van der Waals surface area contributed by atoms with E-state index in [1.54, 1.807) is 0 Å². The quantitative estimate of drug-likeness (QED) is 0.807. The Bertz CT molecular complexity index is 318. The molecule has 0 spiro atoms. The Kier molecular flexibility index (Phi) is 5.03. The van der Waals surface area contributed by atoms with E-state index in [0.29, 0.717) is 6.54 Å². The number of hydrogen-bond donors (Lipinski definition) is 1.